The van der Waals surface area contributed by atoms with E-state index in [4.69, 9.17) is 9.72 Å². The van der Waals surface area contributed by atoms with E-state index in [1.54, 1.807) is 20.0 Å². The summed E-state index contributed by atoms with van der Waals surface area (Å²) < 4.78 is 5.97. The van der Waals surface area contributed by atoms with Crippen molar-refractivity contribution in [2.75, 3.05) is 5.32 Å². The maximum absolute atomic E-state index is 13.2. The molecule has 5 rings (SSSR count). The number of nitrogens with one attached hydrogen (secondary N) is 2. The molecule has 0 radical (unpaired) electrons. The highest BCUT2D eigenvalue weighted by molar-refractivity contribution is 5.93. The van der Waals surface area contributed by atoms with E-state index in [0.717, 1.165) is 53.6 Å². The van der Waals surface area contributed by atoms with Crippen molar-refractivity contribution in [1.29, 1.82) is 0 Å². The van der Waals surface area contributed by atoms with E-state index in [1.165, 1.54) is 0 Å². The van der Waals surface area contributed by atoms with Gasteiger partial charge in [0.2, 0.25) is 11.8 Å². The lowest BCUT2D eigenvalue weighted by Crippen LogP contribution is -2.57. The number of pyridine rings is 1. The van der Waals surface area contributed by atoms with Gasteiger partial charge >= 0.3 is 6.09 Å². The van der Waals surface area contributed by atoms with Crippen molar-refractivity contribution in [3.05, 3.63) is 72.4 Å². The zero-order valence-electron chi connectivity index (χ0n) is 30.0. The predicted octanol–water partition coefficient (Wildman–Crippen LogP) is 7.82. The van der Waals surface area contributed by atoms with E-state index in [-0.39, 0.29) is 29.8 Å². The SMILES string of the molecule is CC(=O)N(C(C)C)C1CCC(CC(=O)Nc2cnc(-c3ccc(C4(OC(=O)NC(C)(C)C)CC(C)(O)C4)cc3)c(-c3ccccc3)c2)CC1. The Labute approximate surface area is 290 Å². The number of hydrogen-bond acceptors (Lipinski definition) is 6. The summed E-state index contributed by atoms with van der Waals surface area (Å²) in [5, 5.41) is 16.6. The van der Waals surface area contributed by atoms with Crippen LogP contribution >= 0.6 is 0 Å². The van der Waals surface area contributed by atoms with E-state index in [9.17, 15) is 19.5 Å². The van der Waals surface area contributed by atoms with E-state index in [2.05, 4.69) is 24.5 Å². The molecule has 2 aromatic carbocycles. The summed E-state index contributed by atoms with van der Waals surface area (Å²) in [6, 6.07) is 20.1. The molecule has 9 nitrogen and oxygen atoms in total. The lowest BCUT2D eigenvalue weighted by molar-refractivity contribution is -0.177. The topological polar surface area (TPSA) is 121 Å². The standard InChI is InChI=1S/C40H52N4O5/c1-26(2)44(27(3)45)33-19-13-28(14-20-33)21-35(46)42-32-22-34(29-11-9-8-10-12-29)36(41-23-32)30-15-17-31(18-16-30)40(24-39(7,48)25-40)49-37(47)43-38(4,5)6/h8-12,15-18,22-23,26,28,33,48H,13-14,19-21,24-25H2,1-7H3,(H,42,46)(H,43,47). The molecule has 3 aromatic rings. The number of alkyl carbamates (subject to hydrolysis) is 1. The van der Waals surface area contributed by atoms with Crippen molar-refractivity contribution in [2.45, 2.75) is 122 Å². The van der Waals surface area contributed by atoms with Crippen molar-refractivity contribution < 1.29 is 24.2 Å². The number of anilines is 1. The molecule has 2 saturated carbocycles. The third-order valence-corrected chi connectivity index (χ3v) is 9.64. The number of benzene rings is 2. The fourth-order valence-corrected chi connectivity index (χ4v) is 7.70. The van der Waals surface area contributed by atoms with Crippen LogP contribution in [0.2, 0.25) is 0 Å². The molecule has 2 fully saturated rings. The summed E-state index contributed by atoms with van der Waals surface area (Å²) in [6.07, 6.45) is 5.88. The fourth-order valence-electron chi connectivity index (χ4n) is 7.70. The molecule has 0 unspecified atom stereocenters. The average Bonchev–Trinajstić information content (AvgIpc) is 3.00. The maximum atomic E-state index is 13.2. The average molecular weight is 669 g/mol. The van der Waals surface area contributed by atoms with Gasteiger partial charge in [-0.25, -0.2) is 4.79 Å². The van der Waals surface area contributed by atoms with E-state index < -0.39 is 22.8 Å². The minimum atomic E-state index is -0.929. The third kappa shape index (κ3) is 8.87. The first-order chi connectivity index (χ1) is 23.0. The lowest BCUT2D eigenvalue weighted by atomic mass is 9.65. The summed E-state index contributed by atoms with van der Waals surface area (Å²) in [7, 11) is 0. The monoisotopic (exact) mass is 668 g/mol. The second-order valence-corrected chi connectivity index (χ2v) is 15.6. The van der Waals surface area contributed by atoms with Crippen molar-refractivity contribution in [1.82, 2.24) is 15.2 Å². The minimum absolute atomic E-state index is 0.0363. The first-order valence-electron chi connectivity index (χ1n) is 17.5. The molecule has 3 amide bonds. The van der Waals surface area contributed by atoms with E-state index in [1.807, 2.05) is 86.3 Å². The Hall–Kier alpha value is -4.24. The molecule has 0 spiro atoms. The number of aromatic nitrogens is 1. The molecule has 1 aromatic heterocycles. The van der Waals surface area contributed by atoms with Gasteiger partial charge in [0.15, 0.2) is 0 Å². The van der Waals surface area contributed by atoms with Crippen LogP contribution in [0.4, 0.5) is 10.5 Å². The Balaban J connectivity index is 1.32. The second-order valence-electron chi connectivity index (χ2n) is 15.6. The molecule has 1 heterocycles. The van der Waals surface area contributed by atoms with Gasteiger partial charge in [-0.2, -0.15) is 0 Å². The number of amides is 3. The number of hydrogen-bond donors (Lipinski definition) is 3. The Kier molecular flexibility index (Phi) is 10.5. The number of carbonyl (C=O) groups excluding carboxylic acids is 3. The molecular formula is C40H52N4O5. The molecule has 3 N–H and O–H groups in total. The van der Waals surface area contributed by atoms with Crippen molar-refractivity contribution in [3.8, 4) is 22.4 Å². The molecule has 9 heteroatoms. The zero-order valence-corrected chi connectivity index (χ0v) is 30.0. The normalized spacial score (nSPS) is 23.7. The number of rotatable bonds is 9. The summed E-state index contributed by atoms with van der Waals surface area (Å²) in [4.78, 5) is 45.0. The van der Waals surface area contributed by atoms with Crippen molar-refractivity contribution in [3.63, 3.8) is 0 Å². The van der Waals surface area contributed by atoms with Crippen LogP contribution in [0.3, 0.4) is 0 Å². The number of carbonyl (C=O) groups is 3. The third-order valence-electron chi connectivity index (χ3n) is 9.64. The molecule has 49 heavy (non-hydrogen) atoms. The molecule has 2 aliphatic rings. The van der Waals surface area contributed by atoms with Gasteiger partial charge in [0, 0.05) is 54.9 Å². The van der Waals surface area contributed by atoms with Gasteiger partial charge in [-0.3, -0.25) is 14.6 Å². The first-order valence-corrected chi connectivity index (χ1v) is 17.5. The van der Waals surface area contributed by atoms with Gasteiger partial charge < -0.3 is 25.4 Å². The van der Waals surface area contributed by atoms with Crippen LogP contribution in [0.15, 0.2) is 66.9 Å². The van der Waals surface area contributed by atoms with Crippen LogP contribution in [0.5, 0.6) is 0 Å². The Morgan fingerprint density at radius 1 is 0.980 bits per heavy atom. The lowest BCUT2D eigenvalue weighted by Gasteiger charge is -2.51. The molecule has 2 aliphatic carbocycles. The van der Waals surface area contributed by atoms with Crippen LogP contribution in [-0.2, 0) is 19.9 Å². The quantitative estimate of drug-likeness (QED) is 0.214. The molecule has 0 bridgehead atoms. The molecule has 0 saturated heterocycles. The van der Waals surface area contributed by atoms with Gasteiger partial charge in [0.05, 0.1) is 23.2 Å². The minimum Gasteiger partial charge on any atom is -0.438 e. The summed E-state index contributed by atoms with van der Waals surface area (Å²) >= 11 is 0. The first kappa shape index (κ1) is 36.1. The van der Waals surface area contributed by atoms with Gasteiger partial charge in [0.25, 0.3) is 0 Å². The van der Waals surface area contributed by atoms with Crippen LogP contribution in [0.25, 0.3) is 22.4 Å². The fraction of sp³-hybridized carbons (Fsp3) is 0.500. The summed E-state index contributed by atoms with van der Waals surface area (Å²) in [5.41, 5.74) is 2.62. The largest absolute Gasteiger partial charge is 0.438 e. The van der Waals surface area contributed by atoms with Crippen molar-refractivity contribution in [2.24, 2.45) is 5.92 Å². The highest BCUT2D eigenvalue weighted by atomic mass is 16.6. The molecular weight excluding hydrogens is 616 g/mol. The molecule has 0 atom stereocenters. The summed E-state index contributed by atoms with van der Waals surface area (Å²) in [5.74, 6) is 0.358. The highest BCUT2D eigenvalue weighted by Crippen LogP contribution is 2.51. The Morgan fingerprint density at radius 3 is 2.16 bits per heavy atom. The van der Waals surface area contributed by atoms with Crippen molar-refractivity contribution >= 4 is 23.6 Å². The summed E-state index contributed by atoms with van der Waals surface area (Å²) in [6.45, 7) is 13.2. The predicted molar refractivity (Wildman–Crippen MR) is 193 cm³/mol. The zero-order chi connectivity index (χ0) is 35.6. The molecule has 0 aliphatic heterocycles. The van der Waals surface area contributed by atoms with E-state index in [0.29, 0.717) is 24.9 Å². The second kappa shape index (κ2) is 14.3. The van der Waals surface area contributed by atoms with Crippen LogP contribution < -0.4 is 10.6 Å². The van der Waals surface area contributed by atoms with Gasteiger partial charge in [-0.15, -0.1) is 0 Å². The number of aliphatic hydroxyl groups is 1. The smallest absolute Gasteiger partial charge is 0.408 e. The van der Waals surface area contributed by atoms with Gasteiger partial charge in [-0.1, -0.05) is 54.6 Å². The maximum Gasteiger partial charge on any atom is 0.408 e. The van der Waals surface area contributed by atoms with Gasteiger partial charge in [-0.05, 0) is 90.3 Å². The Morgan fingerprint density at radius 2 is 1.61 bits per heavy atom. The number of ether oxygens (including phenoxy) is 1. The van der Waals surface area contributed by atoms with Crippen LogP contribution in [0.1, 0.15) is 99.0 Å². The highest BCUT2D eigenvalue weighted by Gasteiger charge is 2.55. The van der Waals surface area contributed by atoms with Crippen LogP contribution in [0, 0.1) is 5.92 Å². The van der Waals surface area contributed by atoms with Gasteiger partial charge in [0.1, 0.15) is 5.60 Å². The molecule has 262 valence electrons. The Bertz CT molecular complexity index is 1630. The van der Waals surface area contributed by atoms with E-state index >= 15 is 0 Å². The number of nitrogens with zero attached hydrogens (tertiary/aromatic N) is 2. The van der Waals surface area contributed by atoms with Crippen LogP contribution in [-0.4, -0.2) is 56.1 Å².